The Labute approximate surface area is 114 Å². The summed E-state index contributed by atoms with van der Waals surface area (Å²) in [5.41, 5.74) is 2.28. The molecule has 2 aliphatic rings. The van der Waals surface area contributed by atoms with Crippen LogP contribution in [-0.4, -0.2) is 18.5 Å². The number of hydrogen-bond acceptors (Lipinski definition) is 2. The van der Waals surface area contributed by atoms with Crippen LogP contribution in [0, 0.1) is 5.92 Å². The monoisotopic (exact) mass is 256 g/mol. The number of amides is 1. The van der Waals surface area contributed by atoms with Gasteiger partial charge in [-0.15, -0.1) is 6.58 Å². The molecule has 19 heavy (non-hydrogen) atoms. The van der Waals surface area contributed by atoms with E-state index in [1.54, 1.807) is 0 Å². The molecule has 100 valence electrons. The highest BCUT2D eigenvalue weighted by molar-refractivity contribution is 5.95. The normalized spacial score (nSPS) is 22.8. The number of benzene rings is 1. The lowest BCUT2D eigenvalue weighted by atomic mass is 10.1. The van der Waals surface area contributed by atoms with Gasteiger partial charge in [0, 0.05) is 37.2 Å². The summed E-state index contributed by atoms with van der Waals surface area (Å²) in [5.74, 6) is 0.498. The molecule has 2 fully saturated rings. The maximum absolute atomic E-state index is 11.9. The van der Waals surface area contributed by atoms with Gasteiger partial charge in [-0.25, -0.2) is 0 Å². The summed E-state index contributed by atoms with van der Waals surface area (Å²) < 4.78 is 0. The van der Waals surface area contributed by atoms with Crippen LogP contribution in [0.1, 0.15) is 24.8 Å². The summed E-state index contributed by atoms with van der Waals surface area (Å²) >= 11 is 0. The van der Waals surface area contributed by atoms with Crippen LogP contribution in [0.5, 0.6) is 0 Å². The lowest BCUT2D eigenvalue weighted by Gasteiger charge is -2.16. The van der Waals surface area contributed by atoms with Crippen LogP contribution in [0.2, 0.25) is 0 Å². The van der Waals surface area contributed by atoms with E-state index >= 15 is 0 Å². The zero-order chi connectivity index (χ0) is 13.2. The Morgan fingerprint density at radius 1 is 1.32 bits per heavy atom. The van der Waals surface area contributed by atoms with E-state index in [2.05, 4.69) is 24.0 Å². The van der Waals surface area contributed by atoms with Gasteiger partial charge in [0.25, 0.3) is 0 Å². The molecular weight excluding hydrogens is 236 g/mol. The maximum Gasteiger partial charge on any atom is 0.227 e. The second-order valence-electron chi connectivity index (χ2n) is 5.53. The maximum atomic E-state index is 11.9. The number of rotatable bonds is 5. The molecule has 1 unspecified atom stereocenters. The van der Waals surface area contributed by atoms with Crippen molar-refractivity contribution in [2.75, 3.05) is 11.4 Å². The lowest BCUT2D eigenvalue weighted by molar-refractivity contribution is -0.117. The highest BCUT2D eigenvalue weighted by Crippen LogP contribution is 2.26. The van der Waals surface area contributed by atoms with Gasteiger partial charge in [0.05, 0.1) is 0 Å². The van der Waals surface area contributed by atoms with Crippen molar-refractivity contribution in [3.8, 4) is 0 Å². The van der Waals surface area contributed by atoms with Crippen molar-refractivity contribution in [2.24, 2.45) is 5.92 Å². The molecule has 1 aromatic rings. The third kappa shape index (κ3) is 2.87. The van der Waals surface area contributed by atoms with Crippen molar-refractivity contribution >= 4 is 11.6 Å². The molecule has 3 heteroatoms. The zero-order valence-electron chi connectivity index (χ0n) is 11.1. The summed E-state index contributed by atoms with van der Waals surface area (Å²) in [7, 11) is 0. The van der Waals surface area contributed by atoms with Crippen molar-refractivity contribution in [1.82, 2.24) is 5.32 Å². The third-order valence-electron chi connectivity index (χ3n) is 3.91. The first-order valence-corrected chi connectivity index (χ1v) is 7.01. The number of carbonyl (C=O) groups excluding carboxylic acids is 1. The molecule has 0 bridgehead atoms. The SMILES string of the molecule is C=CC1CC(=O)N(c2ccc(CNC3CC3)cc2)C1. The first kappa shape index (κ1) is 12.4. The van der Waals surface area contributed by atoms with Gasteiger partial charge in [-0.3, -0.25) is 4.79 Å². The van der Waals surface area contributed by atoms with Crippen LogP contribution in [-0.2, 0) is 11.3 Å². The van der Waals surface area contributed by atoms with Crippen LogP contribution in [0.25, 0.3) is 0 Å². The lowest BCUT2D eigenvalue weighted by Crippen LogP contribution is -2.24. The molecule has 1 atom stereocenters. The van der Waals surface area contributed by atoms with E-state index in [-0.39, 0.29) is 5.91 Å². The number of nitrogens with one attached hydrogen (secondary N) is 1. The average Bonchev–Trinajstić information content (AvgIpc) is 3.19. The molecule has 1 aromatic carbocycles. The standard InChI is InChI=1S/C16H20N2O/c1-2-12-9-16(19)18(11-12)15-7-3-13(4-8-15)10-17-14-5-6-14/h2-4,7-8,12,14,17H,1,5-6,9-11H2. The summed E-state index contributed by atoms with van der Waals surface area (Å²) in [6, 6.07) is 9.05. The van der Waals surface area contributed by atoms with Gasteiger partial charge in [0.2, 0.25) is 5.91 Å². The highest BCUT2D eigenvalue weighted by Gasteiger charge is 2.28. The van der Waals surface area contributed by atoms with Crippen LogP contribution < -0.4 is 10.2 Å². The van der Waals surface area contributed by atoms with Gasteiger partial charge in [-0.1, -0.05) is 18.2 Å². The predicted molar refractivity (Wildman–Crippen MR) is 77.0 cm³/mol. The van der Waals surface area contributed by atoms with Gasteiger partial charge >= 0.3 is 0 Å². The molecular formula is C16H20N2O. The number of nitrogens with zero attached hydrogens (tertiary/aromatic N) is 1. The van der Waals surface area contributed by atoms with E-state index in [1.165, 1.54) is 18.4 Å². The first-order chi connectivity index (χ1) is 9.26. The molecule has 3 rings (SSSR count). The molecule has 1 saturated heterocycles. The summed E-state index contributed by atoms with van der Waals surface area (Å²) in [6.07, 6.45) is 5.09. The van der Waals surface area contributed by atoms with Gasteiger partial charge in [0.1, 0.15) is 0 Å². The van der Waals surface area contributed by atoms with Gasteiger partial charge in [-0.2, -0.15) is 0 Å². The van der Waals surface area contributed by atoms with E-state index in [9.17, 15) is 4.79 Å². The van der Waals surface area contributed by atoms with Crippen molar-refractivity contribution < 1.29 is 4.79 Å². The van der Waals surface area contributed by atoms with Crippen LogP contribution >= 0.6 is 0 Å². The van der Waals surface area contributed by atoms with E-state index in [4.69, 9.17) is 0 Å². The van der Waals surface area contributed by atoms with E-state index < -0.39 is 0 Å². The number of hydrogen-bond donors (Lipinski definition) is 1. The number of carbonyl (C=O) groups is 1. The largest absolute Gasteiger partial charge is 0.312 e. The van der Waals surface area contributed by atoms with Crippen molar-refractivity contribution in [3.63, 3.8) is 0 Å². The van der Waals surface area contributed by atoms with Crippen LogP contribution in [0.3, 0.4) is 0 Å². The van der Waals surface area contributed by atoms with E-state index in [1.807, 2.05) is 23.1 Å². The quantitative estimate of drug-likeness (QED) is 0.821. The molecule has 0 aromatic heterocycles. The Morgan fingerprint density at radius 2 is 2.05 bits per heavy atom. The smallest absolute Gasteiger partial charge is 0.227 e. The first-order valence-electron chi connectivity index (χ1n) is 7.01. The minimum atomic E-state index is 0.203. The third-order valence-corrected chi connectivity index (χ3v) is 3.91. The molecule has 0 spiro atoms. The predicted octanol–water partition coefficient (Wildman–Crippen LogP) is 2.48. The Balaban J connectivity index is 1.64. The van der Waals surface area contributed by atoms with Crippen molar-refractivity contribution in [3.05, 3.63) is 42.5 Å². The van der Waals surface area contributed by atoms with Gasteiger partial charge in [-0.05, 0) is 30.5 Å². The topological polar surface area (TPSA) is 32.3 Å². The Bertz CT molecular complexity index is 476. The second-order valence-corrected chi connectivity index (χ2v) is 5.53. The molecule has 1 heterocycles. The highest BCUT2D eigenvalue weighted by atomic mass is 16.2. The molecule has 1 N–H and O–H groups in total. The fourth-order valence-corrected chi connectivity index (χ4v) is 2.49. The number of anilines is 1. The van der Waals surface area contributed by atoms with Crippen LogP contribution in [0.15, 0.2) is 36.9 Å². The fraction of sp³-hybridized carbons (Fsp3) is 0.438. The van der Waals surface area contributed by atoms with E-state index in [0.29, 0.717) is 12.3 Å². The molecule has 1 aliphatic carbocycles. The van der Waals surface area contributed by atoms with Crippen molar-refractivity contribution in [1.29, 1.82) is 0 Å². The second kappa shape index (κ2) is 5.17. The Kier molecular flexibility index (Phi) is 3.38. The molecule has 0 radical (unpaired) electrons. The Morgan fingerprint density at radius 3 is 2.63 bits per heavy atom. The molecule has 1 amide bonds. The molecule has 1 saturated carbocycles. The van der Waals surface area contributed by atoms with E-state index in [0.717, 1.165) is 24.8 Å². The molecule has 3 nitrogen and oxygen atoms in total. The summed E-state index contributed by atoms with van der Waals surface area (Å²) in [6.45, 7) is 5.47. The average molecular weight is 256 g/mol. The van der Waals surface area contributed by atoms with Crippen LogP contribution in [0.4, 0.5) is 5.69 Å². The Hall–Kier alpha value is -1.61. The van der Waals surface area contributed by atoms with Crippen molar-refractivity contribution in [2.45, 2.75) is 31.8 Å². The summed E-state index contributed by atoms with van der Waals surface area (Å²) in [5, 5.41) is 3.49. The van der Waals surface area contributed by atoms with Gasteiger partial charge < -0.3 is 10.2 Å². The zero-order valence-corrected chi connectivity index (χ0v) is 11.1. The summed E-state index contributed by atoms with van der Waals surface area (Å²) in [4.78, 5) is 13.8. The van der Waals surface area contributed by atoms with Gasteiger partial charge in [0.15, 0.2) is 0 Å². The minimum absolute atomic E-state index is 0.203. The fourth-order valence-electron chi connectivity index (χ4n) is 2.49. The minimum Gasteiger partial charge on any atom is -0.312 e. The molecule has 1 aliphatic heterocycles.